The van der Waals surface area contributed by atoms with Gasteiger partial charge in [-0.1, -0.05) is 12.2 Å². The first kappa shape index (κ1) is 10.1. The topological polar surface area (TPSA) is 32.3 Å². The Bertz CT molecular complexity index is 183. The van der Waals surface area contributed by atoms with E-state index in [1.54, 1.807) is 0 Å². The molecule has 0 radical (unpaired) electrons. The van der Waals surface area contributed by atoms with Gasteiger partial charge in [0.1, 0.15) is 0 Å². The first-order valence-corrected chi connectivity index (χ1v) is 4.98. The number of amides is 2. The van der Waals surface area contributed by atoms with Crippen molar-refractivity contribution in [3.8, 4) is 0 Å². The summed E-state index contributed by atoms with van der Waals surface area (Å²) in [5.41, 5.74) is 0. The average Bonchev–Trinajstić information content (AvgIpc) is 2.65. The van der Waals surface area contributed by atoms with Gasteiger partial charge in [0.05, 0.1) is 0 Å². The largest absolute Gasteiger partial charge is 0.338 e. The van der Waals surface area contributed by atoms with E-state index in [0.29, 0.717) is 0 Å². The first-order valence-electron chi connectivity index (χ1n) is 4.98. The van der Waals surface area contributed by atoms with Gasteiger partial charge in [0.15, 0.2) is 0 Å². The molecule has 0 aromatic heterocycles. The highest BCUT2D eigenvalue weighted by atomic mass is 16.2. The molecule has 0 aromatic rings. The number of hydrogen-bond acceptors (Lipinski definition) is 1. The van der Waals surface area contributed by atoms with Crippen LogP contribution >= 0.6 is 0 Å². The molecule has 74 valence electrons. The molecule has 0 aromatic carbocycles. The van der Waals surface area contributed by atoms with Crippen molar-refractivity contribution >= 4 is 6.03 Å². The summed E-state index contributed by atoms with van der Waals surface area (Å²) in [6.45, 7) is 4.59. The minimum Gasteiger partial charge on any atom is -0.338 e. The molecule has 1 N–H and O–H groups in total. The van der Waals surface area contributed by atoms with Crippen LogP contribution in [0.1, 0.15) is 26.2 Å². The molecule has 0 atom stereocenters. The molecule has 0 bridgehead atoms. The molecule has 2 amide bonds. The lowest BCUT2D eigenvalue weighted by molar-refractivity contribution is 0.209. The minimum atomic E-state index is 0.0991. The Kier molecular flexibility index (Phi) is 4.36. The normalized spacial score (nSPS) is 16.8. The molecule has 0 aliphatic carbocycles. The number of urea groups is 1. The molecule has 1 aliphatic rings. The van der Waals surface area contributed by atoms with Crippen LogP contribution < -0.4 is 5.32 Å². The van der Waals surface area contributed by atoms with Gasteiger partial charge in [-0.2, -0.15) is 0 Å². The monoisotopic (exact) mass is 182 g/mol. The van der Waals surface area contributed by atoms with E-state index < -0.39 is 0 Å². The minimum absolute atomic E-state index is 0.0991. The number of rotatable bonds is 3. The highest BCUT2D eigenvalue weighted by Gasteiger charge is 2.16. The molecule has 3 heteroatoms. The predicted octanol–water partition coefficient (Wildman–Crippen LogP) is 1.76. The number of nitrogens with one attached hydrogen (secondary N) is 1. The summed E-state index contributed by atoms with van der Waals surface area (Å²) in [6.07, 6.45) is 7.30. The second-order valence-corrected chi connectivity index (χ2v) is 3.28. The van der Waals surface area contributed by atoms with E-state index in [2.05, 4.69) is 11.4 Å². The van der Waals surface area contributed by atoms with Crippen molar-refractivity contribution in [1.29, 1.82) is 0 Å². The fraction of sp³-hybridized carbons (Fsp3) is 0.700. The lowest BCUT2D eigenvalue weighted by atomic mass is 10.4. The molecule has 1 rings (SSSR count). The number of allylic oxidation sites excluding steroid dienone is 1. The van der Waals surface area contributed by atoms with Crippen LogP contribution in [-0.4, -0.2) is 30.6 Å². The van der Waals surface area contributed by atoms with Crippen LogP contribution in [-0.2, 0) is 0 Å². The van der Waals surface area contributed by atoms with E-state index in [1.807, 2.05) is 17.9 Å². The zero-order valence-electron chi connectivity index (χ0n) is 8.25. The summed E-state index contributed by atoms with van der Waals surface area (Å²) < 4.78 is 0. The number of hydrogen-bond donors (Lipinski definition) is 1. The summed E-state index contributed by atoms with van der Waals surface area (Å²) in [6, 6.07) is 0.0991. The molecular formula is C10H18N2O. The van der Waals surface area contributed by atoms with Gasteiger partial charge in [-0.05, 0) is 26.2 Å². The molecular weight excluding hydrogens is 164 g/mol. The van der Waals surface area contributed by atoms with Crippen LogP contribution in [0.25, 0.3) is 0 Å². The lowest BCUT2D eigenvalue weighted by Gasteiger charge is -2.15. The molecule has 1 heterocycles. The number of nitrogens with zero attached hydrogens (tertiary/aromatic N) is 1. The van der Waals surface area contributed by atoms with Crippen molar-refractivity contribution in [3.05, 3.63) is 12.2 Å². The molecule has 0 unspecified atom stereocenters. The Morgan fingerprint density at radius 2 is 2.15 bits per heavy atom. The van der Waals surface area contributed by atoms with Gasteiger partial charge in [0.2, 0.25) is 0 Å². The highest BCUT2D eigenvalue weighted by Crippen LogP contribution is 2.06. The predicted molar refractivity (Wildman–Crippen MR) is 53.6 cm³/mol. The lowest BCUT2D eigenvalue weighted by Crippen LogP contribution is -2.38. The Morgan fingerprint density at radius 1 is 1.46 bits per heavy atom. The third kappa shape index (κ3) is 3.49. The summed E-state index contributed by atoms with van der Waals surface area (Å²) in [5.74, 6) is 0. The Labute approximate surface area is 79.8 Å². The van der Waals surface area contributed by atoms with E-state index in [-0.39, 0.29) is 6.03 Å². The zero-order valence-corrected chi connectivity index (χ0v) is 8.25. The summed E-state index contributed by atoms with van der Waals surface area (Å²) in [5, 5.41) is 2.90. The van der Waals surface area contributed by atoms with Crippen molar-refractivity contribution in [2.75, 3.05) is 19.6 Å². The fourth-order valence-electron chi connectivity index (χ4n) is 1.46. The molecule has 3 nitrogen and oxygen atoms in total. The van der Waals surface area contributed by atoms with Gasteiger partial charge in [0, 0.05) is 19.6 Å². The molecule has 0 spiro atoms. The van der Waals surface area contributed by atoms with Gasteiger partial charge in [-0.25, -0.2) is 4.79 Å². The summed E-state index contributed by atoms with van der Waals surface area (Å²) >= 11 is 0. The van der Waals surface area contributed by atoms with E-state index >= 15 is 0 Å². The van der Waals surface area contributed by atoms with Crippen LogP contribution in [0.15, 0.2) is 12.2 Å². The van der Waals surface area contributed by atoms with Crippen LogP contribution in [0, 0.1) is 0 Å². The van der Waals surface area contributed by atoms with Gasteiger partial charge in [0.25, 0.3) is 0 Å². The van der Waals surface area contributed by atoms with Crippen molar-refractivity contribution in [2.24, 2.45) is 0 Å². The SMILES string of the molecule is C/C=C/CCNC(=O)N1CCCC1. The third-order valence-electron chi connectivity index (χ3n) is 2.22. The second kappa shape index (κ2) is 5.62. The molecule has 1 saturated heterocycles. The van der Waals surface area contributed by atoms with Crippen LogP contribution in [0.2, 0.25) is 0 Å². The Balaban J connectivity index is 2.09. The standard InChI is InChI=1S/C10H18N2O/c1-2-3-4-7-11-10(13)12-8-5-6-9-12/h2-3H,4-9H2,1H3,(H,11,13)/b3-2+. The van der Waals surface area contributed by atoms with Gasteiger partial charge in [-0.3, -0.25) is 0 Å². The fourth-order valence-corrected chi connectivity index (χ4v) is 1.46. The van der Waals surface area contributed by atoms with Gasteiger partial charge >= 0.3 is 6.03 Å². The van der Waals surface area contributed by atoms with Crippen molar-refractivity contribution in [2.45, 2.75) is 26.2 Å². The van der Waals surface area contributed by atoms with Crippen molar-refractivity contribution in [1.82, 2.24) is 10.2 Å². The first-order chi connectivity index (χ1) is 6.34. The highest BCUT2D eigenvalue weighted by molar-refractivity contribution is 5.74. The van der Waals surface area contributed by atoms with Gasteiger partial charge in [-0.15, -0.1) is 0 Å². The van der Waals surface area contributed by atoms with E-state index in [9.17, 15) is 4.79 Å². The van der Waals surface area contributed by atoms with E-state index in [1.165, 1.54) is 0 Å². The third-order valence-corrected chi connectivity index (χ3v) is 2.22. The van der Waals surface area contributed by atoms with Crippen LogP contribution in [0.3, 0.4) is 0 Å². The average molecular weight is 182 g/mol. The zero-order chi connectivity index (χ0) is 9.52. The molecule has 1 aliphatic heterocycles. The molecule has 1 fully saturated rings. The Hall–Kier alpha value is -0.990. The maximum absolute atomic E-state index is 11.4. The van der Waals surface area contributed by atoms with Crippen LogP contribution in [0.4, 0.5) is 4.79 Å². The second-order valence-electron chi connectivity index (χ2n) is 3.28. The smallest absolute Gasteiger partial charge is 0.317 e. The Morgan fingerprint density at radius 3 is 2.77 bits per heavy atom. The maximum atomic E-state index is 11.4. The quantitative estimate of drug-likeness (QED) is 0.523. The van der Waals surface area contributed by atoms with E-state index in [4.69, 9.17) is 0 Å². The summed E-state index contributed by atoms with van der Waals surface area (Å²) in [4.78, 5) is 13.3. The van der Waals surface area contributed by atoms with Gasteiger partial charge < -0.3 is 10.2 Å². The number of carbonyl (C=O) groups is 1. The number of likely N-dealkylation sites (tertiary alicyclic amines) is 1. The van der Waals surface area contributed by atoms with E-state index in [0.717, 1.165) is 38.9 Å². The van der Waals surface area contributed by atoms with Crippen LogP contribution in [0.5, 0.6) is 0 Å². The molecule has 0 saturated carbocycles. The van der Waals surface area contributed by atoms with Crippen molar-refractivity contribution < 1.29 is 4.79 Å². The maximum Gasteiger partial charge on any atom is 0.317 e. The van der Waals surface area contributed by atoms with Crippen molar-refractivity contribution in [3.63, 3.8) is 0 Å². The summed E-state index contributed by atoms with van der Waals surface area (Å²) in [7, 11) is 0. The number of carbonyl (C=O) groups excluding carboxylic acids is 1. The molecule has 13 heavy (non-hydrogen) atoms.